The molecule has 0 aromatic heterocycles. The molecule has 0 fully saturated rings. The summed E-state index contributed by atoms with van der Waals surface area (Å²) in [6.45, 7) is 4.77. The van der Waals surface area contributed by atoms with Gasteiger partial charge in [-0.25, -0.2) is 0 Å². The Morgan fingerprint density at radius 1 is 0.479 bits per heavy atom. The minimum absolute atomic E-state index is 0.0157. The van der Waals surface area contributed by atoms with E-state index in [1.807, 2.05) is 21.1 Å². The second kappa shape index (κ2) is 54.0. The Bertz CT molecular complexity index is 1160. The lowest BCUT2D eigenvalue weighted by Gasteiger charge is -2.30. The van der Waals surface area contributed by atoms with E-state index in [2.05, 4.69) is 31.3 Å². The first-order chi connectivity index (χ1) is 34.5. The third-order valence-corrected chi connectivity index (χ3v) is 15.7. The molecule has 2 N–H and O–H groups in total. The van der Waals surface area contributed by atoms with E-state index >= 15 is 0 Å². The third-order valence-electron chi connectivity index (χ3n) is 14.8. The van der Waals surface area contributed by atoms with Gasteiger partial charge < -0.3 is 28.8 Å². The van der Waals surface area contributed by atoms with E-state index in [0.29, 0.717) is 23.9 Å². The van der Waals surface area contributed by atoms with Gasteiger partial charge in [0.2, 0.25) is 5.91 Å². The van der Waals surface area contributed by atoms with Crippen molar-refractivity contribution in [1.82, 2.24) is 5.32 Å². The van der Waals surface area contributed by atoms with E-state index in [1.165, 1.54) is 263 Å². The molecule has 0 aliphatic heterocycles. The third kappa shape index (κ3) is 56.8. The largest absolute Gasteiger partial charge is 0.756 e. The highest BCUT2D eigenvalue weighted by Crippen LogP contribution is 2.38. The molecule has 0 spiro atoms. The molecule has 0 aromatic rings. The summed E-state index contributed by atoms with van der Waals surface area (Å²) in [5.74, 6) is -0.157. The van der Waals surface area contributed by atoms with Crippen LogP contribution in [0.2, 0.25) is 0 Å². The molecule has 0 saturated heterocycles. The molecule has 0 aromatic carbocycles. The fourth-order valence-corrected chi connectivity index (χ4v) is 10.5. The van der Waals surface area contributed by atoms with Crippen LogP contribution in [0.4, 0.5) is 0 Å². The molecule has 8 nitrogen and oxygen atoms in total. The highest BCUT2D eigenvalue weighted by Gasteiger charge is 2.24. The van der Waals surface area contributed by atoms with Gasteiger partial charge in [-0.15, -0.1) is 0 Å². The van der Waals surface area contributed by atoms with E-state index < -0.39 is 20.0 Å². The molecule has 9 heteroatoms. The van der Waals surface area contributed by atoms with E-state index in [-0.39, 0.29) is 19.1 Å². The van der Waals surface area contributed by atoms with Gasteiger partial charge in [-0.3, -0.25) is 9.36 Å². The van der Waals surface area contributed by atoms with Crippen LogP contribution < -0.4 is 10.2 Å². The molecule has 0 saturated carbocycles. The minimum Gasteiger partial charge on any atom is -0.756 e. The summed E-state index contributed by atoms with van der Waals surface area (Å²) in [7, 11) is 1.32. The van der Waals surface area contributed by atoms with Crippen LogP contribution in [-0.4, -0.2) is 68.5 Å². The number of unbranched alkanes of at least 4 members (excludes halogenated alkanes) is 44. The second-order valence-corrected chi connectivity index (χ2v) is 24.5. The van der Waals surface area contributed by atoms with E-state index in [1.54, 1.807) is 0 Å². The van der Waals surface area contributed by atoms with Gasteiger partial charge in [0.1, 0.15) is 13.2 Å². The van der Waals surface area contributed by atoms with Crippen LogP contribution in [0.5, 0.6) is 0 Å². The Morgan fingerprint density at radius 2 is 0.775 bits per heavy atom. The van der Waals surface area contributed by atoms with Crippen LogP contribution in [0, 0.1) is 0 Å². The number of amides is 1. The molecule has 0 bridgehead atoms. The number of aliphatic hydroxyl groups is 1. The number of aliphatic hydroxyl groups excluding tert-OH is 1. The number of phosphoric acid groups is 1. The van der Waals surface area contributed by atoms with Gasteiger partial charge >= 0.3 is 0 Å². The number of hydrogen-bond donors (Lipinski definition) is 2. The van der Waals surface area contributed by atoms with Gasteiger partial charge in [-0.1, -0.05) is 296 Å². The SMILES string of the molecule is CCCCCCCCCC/C=C\CCCCCCCCCCCCCCCCCCCCCCCC(=O)NC(COP(=O)([O-])OCC[N+](C)(C)C)C(O)CCCCCCCCCCCCCCCCCC. The number of likely N-dealkylation sites (N-methyl/N-ethyl adjacent to an activating group) is 1. The van der Waals surface area contributed by atoms with Crippen LogP contribution in [0.25, 0.3) is 0 Å². The van der Waals surface area contributed by atoms with Gasteiger partial charge in [0.15, 0.2) is 0 Å². The van der Waals surface area contributed by atoms with Crippen LogP contribution in [0.3, 0.4) is 0 Å². The van der Waals surface area contributed by atoms with Crippen LogP contribution >= 0.6 is 7.82 Å². The maximum atomic E-state index is 13.0. The molecule has 0 aliphatic carbocycles. The lowest BCUT2D eigenvalue weighted by Crippen LogP contribution is -2.46. The first kappa shape index (κ1) is 70.2. The highest BCUT2D eigenvalue weighted by molar-refractivity contribution is 7.45. The normalized spacial score (nSPS) is 13.8. The first-order valence-corrected chi connectivity index (χ1v) is 33.0. The molecule has 3 atom stereocenters. The number of nitrogens with one attached hydrogen (secondary N) is 1. The quantitative estimate of drug-likeness (QED) is 0.0272. The lowest BCUT2D eigenvalue weighted by molar-refractivity contribution is -0.870. The van der Waals surface area contributed by atoms with E-state index in [9.17, 15) is 19.4 Å². The first-order valence-electron chi connectivity index (χ1n) is 31.5. The van der Waals surface area contributed by atoms with Crippen LogP contribution in [0.1, 0.15) is 328 Å². The Labute approximate surface area is 443 Å². The maximum Gasteiger partial charge on any atom is 0.268 e. The van der Waals surface area contributed by atoms with Crippen molar-refractivity contribution in [3.63, 3.8) is 0 Å². The second-order valence-electron chi connectivity index (χ2n) is 23.1. The molecule has 0 aliphatic rings. The molecule has 0 heterocycles. The number of phosphoric ester groups is 1. The van der Waals surface area contributed by atoms with E-state index in [0.717, 1.165) is 38.5 Å². The summed E-state index contributed by atoms with van der Waals surface area (Å²) in [6.07, 6.45) is 67.0. The zero-order valence-electron chi connectivity index (χ0n) is 48.5. The maximum absolute atomic E-state index is 13.0. The number of rotatable bonds is 59. The summed E-state index contributed by atoms with van der Waals surface area (Å²) in [4.78, 5) is 25.6. The van der Waals surface area contributed by atoms with Crippen molar-refractivity contribution in [2.45, 2.75) is 341 Å². The molecule has 0 rings (SSSR count). The predicted molar refractivity (Wildman–Crippen MR) is 307 cm³/mol. The van der Waals surface area contributed by atoms with Crippen molar-refractivity contribution >= 4 is 13.7 Å². The van der Waals surface area contributed by atoms with Crippen molar-refractivity contribution in [3.05, 3.63) is 12.2 Å². The Hall–Kier alpha value is -0.760. The number of carbonyl (C=O) groups is 1. The van der Waals surface area contributed by atoms with Gasteiger partial charge in [0, 0.05) is 6.42 Å². The number of carbonyl (C=O) groups excluding carboxylic acids is 1. The van der Waals surface area contributed by atoms with Gasteiger partial charge in [0.05, 0.1) is 39.9 Å². The molecule has 0 radical (unpaired) electrons. The average Bonchev–Trinajstić information content (AvgIpc) is 3.33. The van der Waals surface area contributed by atoms with Gasteiger partial charge in [0.25, 0.3) is 7.82 Å². The summed E-state index contributed by atoms with van der Waals surface area (Å²) < 4.78 is 23.4. The fourth-order valence-electron chi connectivity index (χ4n) is 9.80. The van der Waals surface area contributed by atoms with E-state index in [4.69, 9.17) is 9.05 Å². The Morgan fingerprint density at radius 3 is 1.10 bits per heavy atom. The minimum atomic E-state index is -4.57. The van der Waals surface area contributed by atoms with Gasteiger partial charge in [-0.2, -0.15) is 0 Å². The van der Waals surface area contributed by atoms with Crippen molar-refractivity contribution < 1.29 is 32.9 Å². The zero-order chi connectivity index (χ0) is 52.0. The monoisotopic (exact) mass is 1020 g/mol. The fraction of sp³-hybridized carbons (Fsp3) is 0.952. The number of quaternary nitrogens is 1. The smallest absolute Gasteiger partial charge is 0.268 e. The summed E-state index contributed by atoms with van der Waals surface area (Å²) >= 11 is 0. The average molecular weight is 1030 g/mol. The van der Waals surface area contributed by atoms with Crippen LogP contribution in [0.15, 0.2) is 12.2 Å². The standard InChI is InChI=1S/C62H125N2O6P/c1-6-8-10-12-14-16-18-20-22-24-25-26-27-28-29-30-31-32-33-34-35-36-37-38-39-40-42-44-46-48-50-52-54-56-62(66)63-60(59-70-71(67,68)69-58-57-64(3,4)5)61(65)55-53-51-49-47-45-43-41-23-21-19-17-15-13-11-9-7-2/h24-25,60-61,65H,6-23,26-59H2,1-5H3,(H-,63,66,67,68)/b25-24-. The summed E-state index contributed by atoms with van der Waals surface area (Å²) in [6, 6.07) is -0.796. The molecule has 424 valence electrons. The topological polar surface area (TPSA) is 108 Å². The Kier molecular flexibility index (Phi) is 53.5. The number of hydrogen-bond acceptors (Lipinski definition) is 6. The highest BCUT2D eigenvalue weighted by atomic mass is 31.2. The number of nitrogens with zero attached hydrogens (tertiary/aromatic N) is 1. The predicted octanol–water partition coefficient (Wildman–Crippen LogP) is 18.8. The van der Waals surface area contributed by atoms with Crippen molar-refractivity contribution in [2.24, 2.45) is 0 Å². The van der Waals surface area contributed by atoms with Crippen LogP contribution in [-0.2, 0) is 18.4 Å². The molecular weight excluding hydrogens is 900 g/mol. The molecule has 3 unspecified atom stereocenters. The van der Waals surface area contributed by atoms with Crippen molar-refractivity contribution in [1.29, 1.82) is 0 Å². The van der Waals surface area contributed by atoms with Gasteiger partial charge in [-0.05, 0) is 38.5 Å². The number of allylic oxidation sites excluding steroid dienone is 2. The molecule has 71 heavy (non-hydrogen) atoms. The molecular formula is C62H125N2O6P. The summed E-state index contributed by atoms with van der Waals surface area (Å²) in [5.41, 5.74) is 0. The summed E-state index contributed by atoms with van der Waals surface area (Å²) in [5, 5.41) is 14.0. The Balaban J connectivity index is 3.96. The molecule has 1 amide bonds. The van der Waals surface area contributed by atoms with Crippen molar-refractivity contribution in [3.8, 4) is 0 Å². The zero-order valence-corrected chi connectivity index (χ0v) is 49.4. The van der Waals surface area contributed by atoms with Crippen molar-refractivity contribution in [2.75, 3.05) is 40.9 Å². The lowest BCUT2D eigenvalue weighted by atomic mass is 10.0.